The predicted molar refractivity (Wildman–Crippen MR) is 139 cm³/mol. The maximum Gasteiger partial charge on any atom is 0.173 e. The van der Waals surface area contributed by atoms with Crippen LogP contribution in [-0.2, 0) is 11.4 Å². The molecule has 2 aromatic heterocycles. The van der Waals surface area contributed by atoms with Crippen LogP contribution in [0, 0.1) is 0 Å². The molecule has 7 heteroatoms. The molecular weight excluding hydrogens is 468 g/mol. The Balaban J connectivity index is 1.99. The van der Waals surface area contributed by atoms with Gasteiger partial charge in [0.15, 0.2) is 11.5 Å². The zero-order chi connectivity index (χ0) is 23.9. The Morgan fingerprint density at radius 2 is 1.65 bits per heavy atom. The first kappa shape index (κ1) is 23.6. The van der Waals surface area contributed by atoms with E-state index in [1.165, 1.54) is 6.08 Å². The van der Waals surface area contributed by atoms with E-state index in [2.05, 4.69) is 12.1 Å². The molecule has 0 unspecified atom stereocenters. The quantitative estimate of drug-likeness (QED) is 0.177. The Morgan fingerprint density at radius 3 is 2.29 bits per heavy atom. The second-order valence-electron chi connectivity index (χ2n) is 7.16. The monoisotopic (exact) mass is 492 g/mol. The van der Waals surface area contributed by atoms with Gasteiger partial charge in [-0.25, -0.2) is 0 Å². The molecule has 0 fully saturated rings. The molecule has 0 aliphatic rings. The van der Waals surface area contributed by atoms with Gasteiger partial charge in [-0.3, -0.25) is 4.79 Å². The molecule has 0 bridgehead atoms. The lowest BCUT2D eigenvalue weighted by atomic mass is 9.96. The van der Waals surface area contributed by atoms with E-state index < -0.39 is 0 Å². The van der Waals surface area contributed by atoms with E-state index in [4.69, 9.17) is 18.9 Å². The van der Waals surface area contributed by atoms with Crippen LogP contribution in [-0.4, -0.2) is 27.6 Å². The number of carbonyl (C=O) groups excluding carboxylic acids is 1. The lowest BCUT2D eigenvalue weighted by molar-refractivity contribution is -0.104. The van der Waals surface area contributed by atoms with Gasteiger partial charge in [-0.15, -0.1) is 22.7 Å². The van der Waals surface area contributed by atoms with E-state index in [1.54, 1.807) is 50.1 Å². The Bertz CT molecular complexity index is 1280. The van der Waals surface area contributed by atoms with Crippen molar-refractivity contribution in [2.45, 2.75) is 6.61 Å². The summed E-state index contributed by atoms with van der Waals surface area (Å²) in [6.45, 7) is 0.376. The maximum absolute atomic E-state index is 11.1. The molecule has 2 heterocycles. The fraction of sp³-hybridized carbons (Fsp3) is 0.148. The van der Waals surface area contributed by atoms with Crippen LogP contribution in [0.2, 0.25) is 0 Å². The Hall–Kier alpha value is -3.55. The normalized spacial score (nSPS) is 10.9. The first-order valence-electron chi connectivity index (χ1n) is 10.5. The third-order valence-electron chi connectivity index (χ3n) is 5.22. The number of allylic oxidation sites excluding steroid dienone is 1. The van der Waals surface area contributed by atoms with Gasteiger partial charge in [0.2, 0.25) is 0 Å². The largest absolute Gasteiger partial charge is 0.496 e. The average molecular weight is 493 g/mol. The van der Waals surface area contributed by atoms with Gasteiger partial charge in [-0.2, -0.15) is 0 Å². The number of ether oxygens (including phenoxy) is 4. The summed E-state index contributed by atoms with van der Waals surface area (Å²) in [7, 11) is 4.83. The molecule has 34 heavy (non-hydrogen) atoms. The molecule has 174 valence electrons. The van der Waals surface area contributed by atoms with Crippen LogP contribution in [0.5, 0.6) is 23.0 Å². The number of carbonyl (C=O) groups is 1. The fourth-order valence-electron chi connectivity index (χ4n) is 3.71. The minimum Gasteiger partial charge on any atom is -0.496 e. The molecule has 0 N–H and O–H groups in total. The summed E-state index contributed by atoms with van der Waals surface area (Å²) in [4.78, 5) is 13.3. The second-order valence-corrected chi connectivity index (χ2v) is 9.14. The van der Waals surface area contributed by atoms with Gasteiger partial charge >= 0.3 is 0 Å². The molecule has 0 atom stereocenters. The minimum atomic E-state index is 0.376. The Labute approximate surface area is 206 Å². The Morgan fingerprint density at radius 1 is 0.853 bits per heavy atom. The highest BCUT2D eigenvalue weighted by Crippen LogP contribution is 2.51. The number of hydrogen-bond donors (Lipinski definition) is 0. The van der Waals surface area contributed by atoms with Crippen molar-refractivity contribution in [3.63, 3.8) is 0 Å². The van der Waals surface area contributed by atoms with Crippen LogP contribution < -0.4 is 18.9 Å². The molecule has 5 nitrogen and oxygen atoms in total. The van der Waals surface area contributed by atoms with Gasteiger partial charge in [0.1, 0.15) is 24.4 Å². The van der Waals surface area contributed by atoms with Crippen molar-refractivity contribution in [1.82, 2.24) is 0 Å². The lowest BCUT2D eigenvalue weighted by Gasteiger charge is -2.22. The van der Waals surface area contributed by atoms with E-state index >= 15 is 0 Å². The number of thiophene rings is 2. The fourth-order valence-corrected chi connectivity index (χ4v) is 5.05. The number of benzene rings is 2. The lowest BCUT2D eigenvalue weighted by Crippen LogP contribution is -2.03. The zero-order valence-corrected chi connectivity index (χ0v) is 20.7. The highest BCUT2D eigenvalue weighted by Gasteiger charge is 2.25. The zero-order valence-electron chi connectivity index (χ0n) is 19.1. The highest BCUT2D eigenvalue weighted by atomic mass is 32.1. The van der Waals surface area contributed by atoms with Gasteiger partial charge in [0.25, 0.3) is 0 Å². The van der Waals surface area contributed by atoms with E-state index in [1.807, 2.05) is 47.2 Å². The maximum atomic E-state index is 11.1. The van der Waals surface area contributed by atoms with Crippen LogP contribution in [0.15, 0.2) is 65.4 Å². The van der Waals surface area contributed by atoms with Crippen LogP contribution in [0.1, 0.15) is 10.4 Å². The summed E-state index contributed by atoms with van der Waals surface area (Å²) >= 11 is 3.28. The molecule has 0 amide bonds. The van der Waals surface area contributed by atoms with Crippen molar-refractivity contribution in [3.8, 4) is 44.6 Å². The van der Waals surface area contributed by atoms with Crippen LogP contribution in [0.25, 0.3) is 27.6 Å². The molecule has 0 aliphatic carbocycles. The van der Waals surface area contributed by atoms with Crippen molar-refractivity contribution < 1.29 is 23.7 Å². The molecule has 2 aromatic carbocycles. The third kappa shape index (κ3) is 4.85. The first-order chi connectivity index (χ1) is 16.7. The first-order valence-corrected chi connectivity index (χ1v) is 12.2. The van der Waals surface area contributed by atoms with Gasteiger partial charge in [-0.1, -0.05) is 12.1 Å². The summed E-state index contributed by atoms with van der Waals surface area (Å²) in [5, 5.41) is 4.06. The van der Waals surface area contributed by atoms with Crippen molar-refractivity contribution >= 4 is 35.0 Å². The van der Waals surface area contributed by atoms with Gasteiger partial charge in [0.05, 0.1) is 26.9 Å². The molecular formula is C27H24O5S2. The van der Waals surface area contributed by atoms with Crippen LogP contribution in [0.3, 0.4) is 0 Å². The molecule has 0 aliphatic heterocycles. The third-order valence-corrected chi connectivity index (χ3v) is 6.99. The average Bonchev–Trinajstić information content (AvgIpc) is 3.60. The predicted octanol–water partition coefficient (Wildman–Crippen LogP) is 6.96. The van der Waals surface area contributed by atoms with E-state index in [9.17, 15) is 4.79 Å². The van der Waals surface area contributed by atoms with Gasteiger partial charge < -0.3 is 18.9 Å². The standard InChI is InChI=1S/C27H24O5S2/c1-29-22-11-10-18(24-9-6-14-34-24)15-21(22)25-26(31-3)19(7-4-12-28)16-23(30-2)27(25)32-17-20-8-5-13-33-20/h4-16H,17H2,1-3H3. The van der Waals surface area contributed by atoms with Crippen molar-refractivity contribution in [2.24, 2.45) is 0 Å². The smallest absolute Gasteiger partial charge is 0.173 e. The van der Waals surface area contributed by atoms with Crippen molar-refractivity contribution in [1.29, 1.82) is 0 Å². The molecule has 0 saturated heterocycles. The molecule has 4 rings (SSSR count). The molecule has 4 aromatic rings. The van der Waals surface area contributed by atoms with Crippen LogP contribution >= 0.6 is 22.7 Å². The van der Waals surface area contributed by atoms with E-state index in [0.717, 1.165) is 27.2 Å². The second kappa shape index (κ2) is 11.0. The summed E-state index contributed by atoms with van der Waals surface area (Å²) in [6, 6.07) is 15.9. The number of hydrogen-bond acceptors (Lipinski definition) is 7. The molecule has 0 radical (unpaired) electrons. The highest BCUT2D eigenvalue weighted by molar-refractivity contribution is 7.13. The van der Waals surface area contributed by atoms with Gasteiger partial charge in [-0.05, 0) is 64.9 Å². The topological polar surface area (TPSA) is 54.0 Å². The summed E-state index contributed by atoms with van der Waals surface area (Å²) in [5.41, 5.74) is 3.23. The molecule has 0 saturated carbocycles. The number of methoxy groups -OCH3 is 3. The van der Waals surface area contributed by atoms with E-state index in [-0.39, 0.29) is 0 Å². The van der Waals surface area contributed by atoms with Crippen molar-refractivity contribution in [2.75, 3.05) is 21.3 Å². The van der Waals surface area contributed by atoms with Crippen LogP contribution in [0.4, 0.5) is 0 Å². The Kier molecular flexibility index (Phi) is 7.67. The summed E-state index contributed by atoms with van der Waals surface area (Å²) in [6.07, 6.45) is 3.84. The minimum absolute atomic E-state index is 0.376. The summed E-state index contributed by atoms with van der Waals surface area (Å²) in [5.74, 6) is 2.29. The SMILES string of the molecule is COc1ccc(-c2cccs2)cc1-c1c(OC)c(C=CC=O)cc(OC)c1OCc1cccs1. The summed E-state index contributed by atoms with van der Waals surface area (Å²) < 4.78 is 23.7. The van der Waals surface area contributed by atoms with E-state index in [0.29, 0.717) is 40.7 Å². The molecule has 0 spiro atoms. The van der Waals surface area contributed by atoms with Crippen molar-refractivity contribution in [3.05, 3.63) is 75.8 Å². The number of rotatable bonds is 10. The number of aldehydes is 1. The van der Waals surface area contributed by atoms with Gasteiger partial charge in [0, 0.05) is 20.9 Å².